The summed E-state index contributed by atoms with van der Waals surface area (Å²) in [4.78, 5) is 26.5. The third kappa shape index (κ3) is 4.19. The van der Waals surface area contributed by atoms with Gasteiger partial charge in [-0.25, -0.2) is 0 Å². The van der Waals surface area contributed by atoms with Gasteiger partial charge in [0.1, 0.15) is 0 Å². The van der Waals surface area contributed by atoms with Crippen LogP contribution in [0.5, 0.6) is 0 Å². The average Bonchev–Trinajstić information content (AvgIpc) is 2.99. The lowest BCUT2D eigenvalue weighted by Gasteiger charge is -2.19. The van der Waals surface area contributed by atoms with Crippen LogP contribution in [0.4, 0.5) is 5.69 Å². The lowest BCUT2D eigenvalue weighted by Crippen LogP contribution is -2.34. The van der Waals surface area contributed by atoms with Crippen molar-refractivity contribution in [2.75, 3.05) is 18.0 Å². The van der Waals surface area contributed by atoms with Crippen molar-refractivity contribution in [1.82, 2.24) is 5.32 Å². The van der Waals surface area contributed by atoms with Gasteiger partial charge in [-0.05, 0) is 48.7 Å². The number of carbonyl (C=O) groups excluding carboxylic acids is 2. The average molecular weight is 391 g/mol. The Kier molecular flexibility index (Phi) is 5.84. The second-order valence-corrected chi connectivity index (χ2v) is 7.30. The van der Waals surface area contributed by atoms with Crippen LogP contribution >= 0.6 is 23.2 Å². The molecule has 1 atom stereocenters. The summed E-state index contributed by atoms with van der Waals surface area (Å²) in [5.74, 6) is -0.492. The van der Waals surface area contributed by atoms with E-state index in [2.05, 4.69) is 5.32 Å². The van der Waals surface area contributed by atoms with Gasteiger partial charge in [0.2, 0.25) is 11.8 Å². The molecule has 0 saturated carbocycles. The van der Waals surface area contributed by atoms with Crippen molar-refractivity contribution in [3.05, 3.63) is 63.6 Å². The monoisotopic (exact) mass is 390 g/mol. The number of amides is 2. The van der Waals surface area contributed by atoms with Crippen LogP contribution < -0.4 is 10.2 Å². The van der Waals surface area contributed by atoms with Gasteiger partial charge in [0.25, 0.3) is 0 Å². The summed E-state index contributed by atoms with van der Waals surface area (Å²) >= 11 is 12.1. The molecule has 26 heavy (non-hydrogen) atoms. The van der Waals surface area contributed by atoms with E-state index in [-0.39, 0.29) is 24.2 Å². The Hall–Kier alpha value is -2.04. The Morgan fingerprint density at radius 3 is 2.77 bits per heavy atom. The number of anilines is 1. The highest BCUT2D eigenvalue weighted by Crippen LogP contribution is 2.31. The number of nitrogens with one attached hydrogen (secondary N) is 1. The van der Waals surface area contributed by atoms with E-state index in [0.717, 1.165) is 16.8 Å². The summed E-state index contributed by atoms with van der Waals surface area (Å²) in [5.41, 5.74) is 2.69. The Bertz CT molecular complexity index is 838. The molecule has 4 nitrogen and oxygen atoms in total. The van der Waals surface area contributed by atoms with E-state index in [0.29, 0.717) is 29.6 Å². The van der Waals surface area contributed by atoms with Gasteiger partial charge in [-0.15, -0.1) is 0 Å². The molecule has 1 saturated heterocycles. The normalized spacial score (nSPS) is 16.8. The van der Waals surface area contributed by atoms with E-state index in [1.807, 2.05) is 43.3 Å². The van der Waals surface area contributed by atoms with Crippen LogP contribution in [0, 0.1) is 12.8 Å². The summed E-state index contributed by atoms with van der Waals surface area (Å²) in [6.07, 6.45) is 0.916. The van der Waals surface area contributed by atoms with Gasteiger partial charge in [-0.3, -0.25) is 9.59 Å². The van der Waals surface area contributed by atoms with Crippen LogP contribution in [0.25, 0.3) is 0 Å². The van der Waals surface area contributed by atoms with Gasteiger partial charge >= 0.3 is 0 Å². The molecule has 0 bridgehead atoms. The molecule has 0 spiro atoms. The van der Waals surface area contributed by atoms with Gasteiger partial charge in [-0.1, -0.05) is 41.4 Å². The third-order valence-electron chi connectivity index (χ3n) is 4.63. The maximum atomic E-state index is 12.4. The molecule has 2 aromatic rings. The van der Waals surface area contributed by atoms with Crippen LogP contribution in [0.15, 0.2) is 42.5 Å². The highest BCUT2D eigenvalue weighted by atomic mass is 35.5. The maximum absolute atomic E-state index is 12.4. The molecule has 1 aliphatic rings. The summed E-state index contributed by atoms with van der Waals surface area (Å²) in [6.45, 7) is 2.77. The zero-order valence-electron chi connectivity index (χ0n) is 14.5. The Labute approximate surface area is 163 Å². The largest absolute Gasteiger partial charge is 0.355 e. The van der Waals surface area contributed by atoms with Gasteiger partial charge in [0.15, 0.2) is 0 Å². The van der Waals surface area contributed by atoms with Crippen molar-refractivity contribution < 1.29 is 9.59 Å². The molecular formula is C20H20Cl2N2O2. The van der Waals surface area contributed by atoms with E-state index in [1.165, 1.54) is 0 Å². The predicted octanol–water partition coefficient (Wildman–Crippen LogP) is 4.01. The second kappa shape index (κ2) is 8.11. The molecule has 1 heterocycles. The van der Waals surface area contributed by atoms with E-state index >= 15 is 0 Å². The number of nitrogens with zero attached hydrogens (tertiary/aromatic N) is 1. The van der Waals surface area contributed by atoms with Gasteiger partial charge in [-0.2, -0.15) is 0 Å². The van der Waals surface area contributed by atoms with E-state index in [4.69, 9.17) is 23.2 Å². The summed E-state index contributed by atoms with van der Waals surface area (Å²) in [5, 5.41) is 4.22. The van der Waals surface area contributed by atoms with Crippen molar-refractivity contribution in [3.63, 3.8) is 0 Å². The third-order valence-corrected chi connectivity index (χ3v) is 5.27. The van der Waals surface area contributed by atoms with Crippen LogP contribution in [0.2, 0.25) is 10.0 Å². The zero-order chi connectivity index (χ0) is 18.7. The van der Waals surface area contributed by atoms with Crippen molar-refractivity contribution in [2.45, 2.75) is 19.8 Å². The standard InChI is InChI=1S/C20H20Cl2N2O2/c1-13-17(22)6-3-7-18(13)24-12-15(11-19(24)25)20(26)23-9-8-14-4-2-5-16(21)10-14/h2-7,10,15H,8-9,11-12H2,1H3,(H,23,26). The lowest BCUT2D eigenvalue weighted by atomic mass is 10.1. The fourth-order valence-corrected chi connectivity index (χ4v) is 3.55. The number of rotatable bonds is 5. The van der Waals surface area contributed by atoms with Gasteiger partial charge < -0.3 is 10.2 Å². The first-order chi connectivity index (χ1) is 12.5. The van der Waals surface area contributed by atoms with Crippen molar-refractivity contribution in [2.24, 2.45) is 5.92 Å². The maximum Gasteiger partial charge on any atom is 0.227 e. The molecule has 0 aromatic heterocycles. The molecule has 2 aromatic carbocycles. The first kappa shape index (κ1) is 18.7. The lowest BCUT2D eigenvalue weighted by molar-refractivity contribution is -0.126. The molecule has 1 unspecified atom stereocenters. The van der Waals surface area contributed by atoms with Crippen LogP contribution in [0.3, 0.4) is 0 Å². The van der Waals surface area contributed by atoms with Crippen molar-refractivity contribution in [3.8, 4) is 0 Å². The smallest absolute Gasteiger partial charge is 0.227 e. The molecule has 6 heteroatoms. The minimum atomic E-state index is -0.347. The quantitative estimate of drug-likeness (QED) is 0.837. The summed E-state index contributed by atoms with van der Waals surface area (Å²) in [7, 11) is 0. The molecule has 1 N–H and O–H groups in total. The minimum absolute atomic E-state index is 0.0506. The first-order valence-corrected chi connectivity index (χ1v) is 9.29. The molecule has 1 aliphatic heterocycles. The van der Waals surface area contributed by atoms with E-state index in [1.54, 1.807) is 11.0 Å². The predicted molar refractivity (Wildman–Crippen MR) is 105 cm³/mol. The summed E-state index contributed by atoms with van der Waals surface area (Å²) < 4.78 is 0. The number of halogens is 2. The highest BCUT2D eigenvalue weighted by Gasteiger charge is 2.35. The topological polar surface area (TPSA) is 49.4 Å². The van der Waals surface area contributed by atoms with Gasteiger partial charge in [0.05, 0.1) is 5.92 Å². The molecular weight excluding hydrogens is 371 g/mol. The van der Waals surface area contributed by atoms with Crippen LogP contribution in [-0.4, -0.2) is 24.9 Å². The van der Waals surface area contributed by atoms with E-state index < -0.39 is 0 Å². The fraction of sp³-hybridized carbons (Fsp3) is 0.300. The fourth-order valence-electron chi connectivity index (χ4n) is 3.17. The number of benzene rings is 2. The van der Waals surface area contributed by atoms with Crippen molar-refractivity contribution >= 4 is 40.7 Å². The highest BCUT2D eigenvalue weighted by molar-refractivity contribution is 6.32. The van der Waals surface area contributed by atoms with Gasteiger partial charge in [0, 0.05) is 35.2 Å². The number of hydrogen-bond donors (Lipinski definition) is 1. The van der Waals surface area contributed by atoms with Crippen molar-refractivity contribution in [1.29, 1.82) is 0 Å². The molecule has 0 aliphatic carbocycles. The minimum Gasteiger partial charge on any atom is -0.355 e. The molecule has 136 valence electrons. The number of hydrogen-bond acceptors (Lipinski definition) is 2. The van der Waals surface area contributed by atoms with Crippen LogP contribution in [0.1, 0.15) is 17.5 Å². The molecule has 3 rings (SSSR count). The Balaban J connectivity index is 1.58. The van der Waals surface area contributed by atoms with E-state index in [9.17, 15) is 9.59 Å². The molecule has 2 amide bonds. The summed E-state index contributed by atoms with van der Waals surface area (Å²) in [6, 6.07) is 13.0. The SMILES string of the molecule is Cc1c(Cl)cccc1N1CC(C(=O)NCCc2cccc(Cl)c2)CC1=O. The zero-order valence-corrected chi connectivity index (χ0v) is 16.0. The second-order valence-electron chi connectivity index (χ2n) is 6.46. The first-order valence-electron chi connectivity index (χ1n) is 8.53. The molecule has 0 radical (unpaired) electrons. The Morgan fingerprint density at radius 2 is 2.00 bits per heavy atom. The Morgan fingerprint density at radius 1 is 1.23 bits per heavy atom. The number of carbonyl (C=O) groups is 2. The van der Waals surface area contributed by atoms with Crippen LogP contribution in [-0.2, 0) is 16.0 Å². The molecule has 1 fully saturated rings.